The molecule has 0 aromatic heterocycles. The Bertz CT molecular complexity index is 546. The van der Waals surface area contributed by atoms with E-state index in [9.17, 15) is 0 Å². The summed E-state index contributed by atoms with van der Waals surface area (Å²) in [6, 6.07) is 0. The van der Waals surface area contributed by atoms with Crippen LogP contribution in [0.1, 0.15) is 34.6 Å². The molecule has 0 saturated carbocycles. The third kappa shape index (κ3) is 3.66. The predicted octanol–water partition coefficient (Wildman–Crippen LogP) is 5.01. The second-order valence-corrected chi connectivity index (χ2v) is 6.64. The Labute approximate surface area is 116 Å². The number of hydrogen-bond acceptors (Lipinski definition) is 1. The van der Waals surface area contributed by atoms with Gasteiger partial charge in [-0.15, -0.1) is 0 Å². The summed E-state index contributed by atoms with van der Waals surface area (Å²) in [7, 11) is 0. The summed E-state index contributed by atoms with van der Waals surface area (Å²) in [4.78, 5) is 4.65. The van der Waals surface area contributed by atoms with Gasteiger partial charge in [0.2, 0.25) is 0 Å². The first kappa shape index (κ1) is 13.8. The van der Waals surface area contributed by atoms with E-state index in [1.165, 1.54) is 11.1 Å². The van der Waals surface area contributed by atoms with Crippen LogP contribution in [0.25, 0.3) is 0 Å². The molecule has 1 nitrogen and oxygen atoms in total. The average molecular weight is 253 g/mol. The minimum absolute atomic E-state index is 0.0362. The van der Waals surface area contributed by atoms with E-state index >= 15 is 0 Å². The molecule has 0 spiro atoms. The van der Waals surface area contributed by atoms with Crippen molar-refractivity contribution >= 4 is 6.21 Å². The van der Waals surface area contributed by atoms with Gasteiger partial charge in [-0.05, 0) is 24.1 Å². The van der Waals surface area contributed by atoms with Gasteiger partial charge in [0.15, 0.2) is 0 Å². The summed E-state index contributed by atoms with van der Waals surface area (Å²) in [6.45, 7) is 11.0. The van der Waals surface area contributed by atoms with Crippen LogP contribution in [0.3, 0.4) is 0 Å². The molecule has 1 heteroatoms. The van der Waals surface area contributed by atoms with Crippen LogP contribution in [0.15, 0.2) is 64.4 Å². The van der Waals surface area contributed by atoms with Gasteiger partial charge < -0.3 is 0 Å². The molecule has 1 aliphatic heterocycles. The van der Waals surface area contributed by atoms with Crippen molar-refractivity contribution in [3.63, 3.8) is 0 Å². The van der Waals surface area contributed by atoms with Crippen molar-refractivity contribution in [3.05, 3.63) is 59.4 Å². The van der Waals surface area contributed by atoms with Crippen LogP contribution in [-0.2, 0) is 0 Å². The van der Waals surface area contributed by atoms with E-state index in [4.69, 9.17) is 0 Å². The summed E-state index contributed by atoms with van der Waals surface area (Å²) in [5.41, 5.74) is 3.57. The van der Waals surface area contributed by atoms with Gasteiger partial charge in [-0.3, -0.25) is 4.99 Å². The van der Waals surface area contributed by atoms with Gasteiger partial charge in [0.25, 0.3) is 0 Å². The van der Waals surface area contributed by atoms with Crippen molar-refractivity contribution in [1.29, 1.82) is 0 Å². The van der Waals surface area contributed by atoms with E-state index in [0.29, 0.717) is 0 Å². The van der Waals surface area contributed by atoms with Crippen molar-refractivity contribution in [3.8, 4) is 0 Å². The van der Waals surface area contributed by atoms with E-state index in [1.54, 1.807) is 0 Å². The van der Waals surface area contributed by atoms with Crippen LogP contribution in [0, 0.1) is 10.8 Å². The molecule has 0 radical (unpaired) electrons. The lowest BCUT2D eigenvalue weighted by Gasteiger charge is -2.18. The van der Waals surface area contributed by atoms with Crippen molar-refractivity contribution in [1.82, 2.24) is 0 Å². The summed E-state index contributed by atoms with van der Waals surface area (Å²) < 4.78 is 0. The first-order chi connectivity index (χ1) is 8.77. The van der Waals surface area contributed by atoms with Crippen LogP contribution in [0.4, 0.5) is 0 Å². The van der Waals surface area contributed by atoms with Crippen LogP contribution in [0.5, 0.6) is 0 Å². The van der Waals surface area contributed by atoms with E-state index in [2.05, 4.69) is 82.1 Å². The first-order valence-electron chi connectivity index (χ1n) is 6.83. The molecule has 0 aromatic rings. The monoisotopic (exact) mass is 253 g/mol. The van der Waals surface area contributed by atoms with Crippen molar-refractivity contribution in [2.75, 3.05) is 0 Å². The van der Waals surface area contributed by atoms with Gasteiger partial charge in [-0.1, -0.05) is 64.2 Å². The standard InChI is InChI=1S/C18H23N/c1-14-10-18(4,5)12-16(19-13-14)15-8-6-7-9-17(2,3)11-15/h6-13H,1-5H3. The Morgan fingerprint density at radius 3 is 2.37 bits per heavy atom. The van der Waals surface area contributed by atoms with E-state index < -0.39 is 0 Å². The van der Waals surface area contributed by atoms with Crippen LogP contribution >= 0.6 is 0 Å². The molecule has 0 aromatic carbocycles. The number of allylic oxidation sites excluding steroid dienone is 8. The molecule has 2 rings (SSSR count). The zero-order valence-corrected chi connectivity index (χ0v) is 12.6. The van der Waals surface area contributed by atoms with E-state index in [0.717, 1.165) is 5.70 Å². The van der Waals surface area contributed by atoms with Gasteiger partial charge >= 0.3 is 0 Å². The lowest BCUT2D eigenvalue weighted by molar-refractivity contribution is 0.614. The molecule has 1 heterocycles. The zero-order chi connectivity index (χ0) is 14.1. The van der Waals surface area contributed by atoms with Crippen molar-refractivity contribution < 1.29 is 0 Å². The Morgan fingerprint density at radius 1 is 0.895 bits per heavy atom. The van der Waals surface area contributed by atoms with Gasteiger partial charge in [0.1, 0.15) is 0 Å². The highest BCUT2D eigenvalue weighted by molar-refractivity contribution is 5.80. The maximum absolute atomic E-state index is 4.65. The maximum Gasteiger partial charge on any atom is 0.0667 e. The van der Waals surface area contributed by atoms with Crippen LogP contribution in [-0.4, -0.2) is 6.21 Å². The summed E-state index contributed by atoms with van der Waals surface area (Å²) >= 11 is 0. The van der Waals surface area contributed by atoms with E-state index in [-0.39, 0.29) is 10.8 Å². The fourth-order valence-corrected chi connectivity index (χ4v) is 2.50. The Morgan fingerprint density at radius 2 is 1.63 bits per heavy atom. The third-order valence-electron chi connectivity index (χ3n) is 3.25. The summed E-state index contributed by atoms with van der Waals surface area (Å²) in [5, 5.41) is 0. The SMILES string of the molecule is CC1=CC(C)(C)C=C(C2=CC(C)(C)C=CC=C2)N=C1. The van der Waals surface area contributed by atoms with Crippen LogP contribution < -0.4 is 0 Å². The highest BCUT2D eigenvalue weighted by atomic mass is 14.7. The first-order valence-corrected chi connectivity index (χ1v) is 6.83. The minimum atomic E-state index is 0.0362. The highest BCUT2D eigenvalue weighted by Crippen LogP contribution is 2.32. The topological polar surface area (TPSA) is 12.4 Å². The number of nitrogens with zero attached hydrogens (tertiary/aromatic N) is 1. The molecular formula is C18H23N. The number of rotatable bonds is 1. The molecule has 0 unspecified atom stereocenters. The van der Waals surface area contributed by atoms with Crippen molar-refractivity contribution in [2.24, 2.45) is 15.8 Å². The highest BCUT2D eigenvalue weighted by Gasteiger charge is 2.19. The largest absolute Gasteiger partial charge is 0.256 e. The molecule has 0 atom stereocenters. The zero-order valence-electron chi connectivity index (χ0n) is 12.6. The Hall–Kier alpha value is -1.63. The second kappa shape index (κ2) is 4.80. The fourth-order valence-electron chi connectivity index (χ4n) is 2.50. The molecule has 0 fully saturated rings. The maximum atomic E-state index is 4.65. The normalized spacial score (nSPS) is 24.2. The third-order valence-corrected chi connectivity index (χ3v) is 3.25. The molecule has 0 N–H and O–H groups in total. The predicted molar refractivity (Wildman–Crippen MR) is 84.3 cm³/mol. The number of aliphatic imine (C=N–C) groups is 1. The fraction of sp³-hybridized carbons (Fsp3) is 0.389. The smallest absolute Gasteiger partial charge is 0.0667 e. The van der Waals surface area contributed by atoms with Crippen LogP contribution in [0.2, 0.25) is 0 Å². The molecule has 0 bridgehead atoms. The van der Waals surface area contributed by atoms with Gasteiger partial charge in [0, 0.05) is 17.0 Å². The van der Waals surface area contributed by atoms with E-state index in [1.807, 2.05) is 6.21 Å². The lowest BCUT2D eigenvalue weighted by Crippen LogP contribution is -2.06. The molecule has 0 amide bonds. The minimum Gasteiger partial charge on any atom is -0.256 e. The van der Waals surface area contributed by atoms with Gasteiger partial charge in [0.05, 0.1) is 5.70 Å². The summed E-state index contributed by atoms with van der Waals surface area (Å²) in [6.07, 6.45) is 17.3. The summed E-state index contributed by atoms with van der Waals surface area (Å²) in [5.74, 6) is 0. The lowest BCUT2D eigenvalue weighted by atomic mass is 9.87. The quantitative estimate of drug-likeness (QED) is 0.623. The second-order valence-electron chi connectivity index (χ2n) is 6.64. The molecular weight excluding hydrogens is 230 g/mol. The molecule has 0 saturated heterocycles. The van der Waals surface area contributed by atoms with Crippen molar-refractivity contribution in [2.45, 2.75) is 34.6 Å². The number of hydrogen-bond donors (Lipinski definition) is 0. The molecule has 100 valence electrons. The average Bonchev–Trinajstić information content (AvgIpc) is 2.51. The van der Waals surface area contributed by atoms with Gasteiger partial charge in [-0.25, -0.2) is 0 Å². The molecule has 2 aliphatic rings. The molecule has 19 heavy (non-hydrogen) atoms. The Balaban J connectivity index is 2.45. The Kier molecular flexibility index (Phi) is 3.49. The molecule has 1 aliphatic carbocycles. The van der Waals surface area contributed by atoms with Gasteiger partial charge in [-0.2, -0.15) is 0 Å².